The molecular weight excluding hydrogens is 320 g/mol. The second-order valence-corrected chi connectivity index (χ2v) is 5.50. The molecule has 1 aromatic carbocycles. The fraction of sp³-hybridized carbons (Fsp3) is 0.316. The number of aryl methyl sites for hydroxylation is 1. The van der Waals surface area contributed by atoms with Crippen molar-refractivity contribution >= 4 is 11.9 Å². The van der Waals surface area contributed by atoms with Gasteiger partial charge in [0.25, 0.3) is 0 Å². The van der Waals surface area contributed by atoms with Crippen molar-refractivity contribution in [3.8, 4) is 5.88 Å². The van der Waals surface area contributed by atoms with Crippen molar-refractivity contribution in [3.05, 3.63) is 59.8 Å². The Morgan fingerprint density at radius 2 is 1.88 bits per heavy atom. The molecular formula is C19H22N2O4. The van der Waals surface area contributed by atoms with Crippen molar-refractivity contribution in [1.29, 1.82) is 0 Å². The number of carbonyl (C=O) groups excluding carboxylic acids is 2. The predicted molar refractivity (Wildman–Crippen MR) is 93.2 cm³/mol. The van der Waals surface area contributed by atoms with Crippen LogP contribution in [-0.4, -0.2) is 37.1 Å². The number of benzene rings is 1. The monoisotopic (exact) mass is 342 g/mol. The maximum atomic E-state index is 12.2. The minimum atomic E-state index is -0.786. The van der Waals surface area contributed by atoms with Crippen molar-refractivity contribution in [2.45, 2.75) is 25.3 Å². The lowest BCUT2D eigenvalue weighted by Gasteiger charge is -2.17. The second kappa shape index (κ2) is 9.42. The highest BCUT2D eigenvalue weighted by molar-refractivity contribution is 5.84. The topological polar surface area (TPSA) is 77.5 Å². The summed E-state index contributed by atoms with van der Waals surface area (Å²) in [6.07, 6.45) is 2.76. The van der Waals surface area contributed by atoms with Gasteiger partial charge in [-0.1, -0.05) is 36.4 Å². The Morgan fingerprint density at radius 1 is 1.12 bits per heavy atom. The molecule has 1 atom stereocenters. The molecule has 0 fully saturated rings. The van der Waals surface area contributed by atoms with Gasteiger partial charge in [0, 0.05) is 24.6 Å². The second-order valence-electron chi connectivity index (χ2n) is 5.50. The van der Waals surface area contributed by atoms with Crippen LogP contribution in [0.4, 0.5) is 0 Å². The minimum Gasteiger partial charge on any atom is -0.481 e. The zero-order valence-corrected chi connectivity index (χ0v) is 14.4. The maximum Gasteiger partial charge on any atom is 0.328 e. The normalized spacial score (nSPS) is 11.4. The van der Waals surface area contributed by atoms with Gasteiger partial charge in [0.2, 0.25) is 11.8 Å². The van der Waals surface area contributed by atoms with Crippen molar-refractivity contribution in [3.63, 3.8) is 0 Å². The zero-order valence-electron chi connectivity index (χ0n) is 14.4. The number of nitrogens with zero attached hydrogens (tertiary/aromatic N) is 1. The predicted octanol–water partition coefficient (Wildman–Crippen LogP) is 1.92. The fourth-order valence-corrected chi connectivity index (χ4v) is 2.49. The Morgan fingerprint density at radius 3 is 2.56 bits per heavy atom. The standard InChI is InChI=1S/C19H22N2O4/c1-24-18-15(9-6-12-20-18)13-16(19(23)25-2)21-17(22)11-10-14-7-4-3-5-8-14/h3-9,12,16H,10-11,13H2,1-2H3,(H,21,22)/t16-/m0/s1. The van der Waals surface area contributed by atoms with Crippen molar-refractivity contribution in [1.82, 2.24) is 10.3 Å². The highest BCUT2D eigenvalue weighted by Crippen LogP contribution is 2.16. The number of pyridine rings is 1. The highest BCUT2D eigenvalue weighted by Gasteiger charge is 2.23. The lowest BCUT2D eigenvalue weighted by atomic mass is 10.1. The van der Waals surface area contributed by atoms with Crippen LogP contribution < -0.4 is 10.1 Å². The van der Waals surface area contributed by atoms with E-state index in [0.29, 0.717) is 18.7 Å². The summed E-state index contributed by atoms with van der Waals surface area (Å²) in [5, 5.41) is 2.74. The fourth-order valence-electron chi connectivity index (χ4n) is 2.49. The molecule has 1 N–H and O–H groups in total. The third kappa shape index (κ3) is 5.60. The maximum absolute atomic E-state index is 12.2. The third-order valence-electron chi connectivity index (χ3n) is 3.77. The molecule has 2 rings (SSSR count). The lowest BCUT2D eigenvalue weighted by molar-refractivity contribution is -0.145. The van der Waals surface area contributed by atoms with Crippen LogP contribution in [0.25, 0.3) is 0 Å². The average molecular weight is 342 g/mol. The van der Waals surface area contributed by atoms with Crippen molar-refractivity contribution < 1.29 is 19.1 Å². The Balaban J connectivity index is 1.99. The number of carbonyl (C=O) groups is 2. The molecule has 6 heteroatoms. The van der Waals surface area contributed by atoms with E-state index in [1.807, 2.05) is 30.3 Å². The Labute approximate surface area is 147 Å². The molecule has 2 aromatic rings. The first-order valence-corrected chi connectivity index (χ1v) is 8.03. The van der Waals surface area contributed by atoms with Crippen LogP contribution >= 0.6 is 0 Å². The zero-order chi connectivity index (χ0) is 18.1. The van der Waals surface area contributed by atoms with Crippen molar-refractivity contribution in [2.24, 2.45) is 0 Å². The molecule has 25 heavy (non-hydrogen) atoms. The van der Waals surface area contributed by atoms with Crippen LogP contribution in [0.5, 0.6) is 5.88 Å². The number of methoxy groups -OCH3 is 2. The SMILES string of the molecule is COC(=O)[C@H](Cc1cccnc1OC)NC(=O)CCc1ccccc1. The summed E-state index contributed by atoms with van der Waals surface area (Å²) >= 11 is 0. The highest BCUT2D eigenvalue weighted by atomic mass is 16.5. The van der Waals surface area contributed by atoms with Crippen LogP contribution in [0.3, 0.4) is 0 Å². The van der Waals surface area contributed by atoms with E-state index < -0.39 is 12.0 Å². The number of hydrogen-bond acceptors (Lipinski definition) is 5. The average Bonchev–Trinajstić information content (AvgIpc) is 2.66. The van der Waals surface area contributed by atoms with Crippen LogP contribution in [0.2, 0.25) is 0 Å². The summed E-state index contributed by atoms with van der Waals surface area (Å²) in [7, 11) is 2.81. The number of rotatable bonds is 8. The molecule has 0 aliphatic carbocycles. The molecule has 0 radical (unpaired) electrons. The quantitative estimate of drug-likeness (QED) is 0.742. The number of aromatic nitrogens is 1. The molecule has 1 aromatic heterocycles. The third-order valence-corrected chi connectivity index (χ3v) is 3.77. The van der Waals surface area contributed by atoms with Gasteiger partial charge in [0.05, 0.1) is 14.2 Å². The Bertz CT molecular complexity index is 704. The van der Waals surface area contributed by atoms with Gasteiger partial charge < -0.3 is 14.8 Å². The van der Waals surface area contributed by atoms with Gasteiger partial charge in [-0.05, 0) is 18.1 Å². The molecule has 0 unspecified atom stereocenters. The summed E-state index contributed by atoms with van der Waals surface area (Å²) in [6, 6.07) is 12.5. The van der Waals surface area contributed by atoms with Gasteiger partial charge >= 0.3 is 5.97 Å². The van der Waals surface area contributed by atoms with E-state index >= 15 is 0 Å². The van der Waals surface area contributed by atoms with Crippen LogP contribution in [0.15, 0.2) is 48.7 Å². The first kappa shape index (κ1) is 18.4. The summed E-state index contributed by atoms with van der Waals surface area (Å²) in [5.74, 6) is -0.281. The van der Waals surface area contributed by atoms with Crippen LogP contribution in [0.1, 0.15) is 17.5 Å². The van der Waals surface area contributed by atoms with Gasteiger partial charge in [-0.3, -0.25) is 4.79 Å². The van der Waals surface area contributed by atoms with Crippen LogP contribution in [-0.2, 0) is 27.2 Å². The molecule has 6 nitrogen and oxygen atoms in total. The summed E-state index contributed by atoms with van der Waals surface area (Å²) in [4.78, 5) is 28.4. The number of nitrogens with one attached hydrogen (secondary N) is 1. The molecule has 1 amide bonds. The van der Waals surface area contributed by atoms with Crippen molar-refractivity contribution in [2.75, 3.05) is 14.2 Å². The smallest absolute Gasteiger partial charge is 0.328 e. The Hall–Kier alpha value is -2.89. The largest absolute Gasteiger partial charge is 0.481 e. The molecule has 0 bridgehead atoms. The van der Waals surface area contributed by atoms with Gasteiger partial charge in [-0.2, -0.15) is 0 Å². The lowest BCUT2D eigenvalue weighted by Crippen LogP contribution is -2.43. The molecule has 0 spiro atoms. The van der Waals surface area contributed by atoms with E-state index in [1.54, 1.807) is 18.3 Å². The van der Waals surface area contributed by atoms with E-state index in [9.17, 15) is 9.59 Å². The summed E-state index contributed by atoms with van der Waals surface area (Å²) in [5.41, 5.74) is 1.80. The number of ether oxygens (including phenoxy) is 2. The summed E-state index contributed by atoms with van der Waals surface area (Å²) < 4.78 is 10.0. The van der Waals surface area contributed by atoms with E-state index in [4.69, 9.17) is 9.47 Å². The molecule has 1 heterocycles. The molecule has 0 aliphatic rings. The first-order valence-electron chi connectivity index (χ1n) is 8.03. The van der Waals surface area contributed by atoms with Gasteiger partial charge in [0.15, 0.2) is 0 Å². The minimum absolute atomic E-state index is 0.206. The first-order chi connectivity index (χ1) is 12.1. The van der Waals surface area contributed by atoms with Gasteiger partial charge in [-0.15, -0.1) is 0 Å². The number of amides is 1. The van der Waals surface area contributed by atoms with E-state index in [0.717, 1.165) is 11.1 Å². The molecule has 0 aliphatic heterocycles. The molecule has 0 saturated carbocycles. The Kier molecular flexibility index (Phi) is 6.95. The van der Waals surface area contributed by atoms with Gasteiger partial charge in [-0.25, -0.2) is 9.78 Å². The van der Waals surface area contributed by atoms with E-state index in [-0.39, 0.29) is 12.3 Å². The van der Waals surface area contributed by atoms with E-state index in [1.165, 1.54) is 14.2 Å². The van der Waals surface area contributed by atoms with E-state index in [2.05, 4.69) is 10.3 Å². The summed E-state index contributed by atoms with van der Waals surface area (Å²) in [6.45, 7) is 0. The number of hydrogen-bond donors (Lipinski definition) is 1. The van der Waals surface area contributed by atoms with Crippen LogP contribution in [0, 0.1) is 0 Å². The number of esters is 1. The molecule has 132 valence electrons. The molecule has 0 saturated heterocycles. The van der Waals surface area contributed by atoms with Gasteiger partial charge in [0.1, 0.15) is 6.04 Å².